The summed E-state index contributed by atoms with van der Waals surface area (Å²) in [5, 5.41) is 8.13. The average molecular weight is 578 g/mol. The molecule has 10 heteroatoms. The number of azo groups is 1. The fraction of sp³-hybridized carbons (Fsp3) is 0. The van der Waals surface area contributed by atoms with Gasteiger partial charge < -0.3 is 0 Å². The van der Waals surface area contributed by atoms with Crippen LogP contribution in [0.1, 0.15) is 0 Å². The van der Waals surface area contributed by atoms with Crippen LogP contribution in [0.15, 0.2) is 63.3 Å². The molecule has 0 aliphatic carbocycles. The first-order valence-corrected chi connectivity index (χ1v) is 10.1. The van der Waals surface area contributed by atoms with Gasteiger partial charge in [-0.15, -0.1) is 0 Å². The molecule has 1 N–H and O–H groups in total. The molecule has 0 saturated carbocycles. The quantitative estimate of drug-likeness (QED) is 0.339. The van der Waals surface area contributed by atoms with Crippen molar-refractivity contribution in [2.45, 2.75) is 4.90 Å². The summed E-state index contributed by atoms with van der Waals surface area (Å²) in [7, 11) is -4.34. The monoisotopic (exact) mass is 574 g/mol. The minimum atomic E-state index is -4.34. The normalized spacial score (nSPS) is 12.0. The van der Waals surface area contributed by atoms with Gasteiger partial charge in [0.2, 0.25) is 0 Å². The van der Waals surface area contributed by atoms with E-state index in [9.17, 15) is 8.42 Å². The SMILES string of the molecule is O=S(=O)(O)c1c(Br)cc(N=Nc2cc(Br)cc(Br)c2)cc1Br. The highest BCUT2D eigenvalue weighted by atomic mass is 79.9. The summed E-state index contributed by atoms with van der Waals surface area (Å²) in [6.07, 6.45) is 0. The van der Waals surface area contributed by atoms with Crippen LogP contribution in [0.2, 0.25) is 0 Å². The standard InChI is InChI=1S/C12H6Br4N2O3S/c13-6-1-7(14)3-8(2-6)17-18-9-4-10(15)12(11(16)5-9)22(19,20)21/h1-5H,(H,19,20,21). The summed E-state index contributed by atoms with van der Waals surface area (Å²) in [6.45, 7) is 0. The van der Waals surface area contributed by atoms with Crippen molar-refractivity contribution in [3.63, 3.8) is 0 Å². The lowest BCUT2D eigenvalue weighted by atomic mass is 10.3. The van der Waals surface area contributed by atoms with E-state index in [-0.39, 0.29) is 13.8 Å². The molecule has 0 saturated heterocycles. The molecule has 5 nitrogen and oxygen atoms in total. The van der Waals surface area contributed by atoms with Crippen LogP contribution < -0.4 is 0 Å². The Hall–Kier alpha value is -0.130. The summed E-state index contributed by atoms with van der Waals surface area (Å²) in [5.41, 5.74) is 1.04. The third-order valence-corrected chi connectivity index (χ3v) is 6.02. The maximum Gasteiger partial charge on any atom is 0.296 e. The Labute approximate surface area is 160 Å². The largest absolute Gasteiger partial charge is 0.296 e. The molecule has 0 bridgehead atoms. The highest BCUT2D eigenvalue weighted by molar-refractivity contribution is 9.11. The third-order valence-electron chi connectivity index (χ3n) is 2.37. The van der Waals surface area contributed by atoms with Crippen LogP contribution in [-0.4, -0.2) is 13.0 Å². The van der Waals surface area contributed by atoms with E-state index in [4.69, 9.17) is 4.55 Å². The van der Waals surface area contributed by atoms with E-state index in [0.717, 1.165) is 8.95 Å². The second-order valence-corrected chi connectivity index (χ2v) is 8.94. The molecule has 0 aromatic heterocycles. The van der Waals surface area contributed by atoms with Gasteiger partial charge in [0.25, 0.3) is 10.1 Å². The molecule has 2 rings (SSSR count). The van der Waals surface area contributed by atoms with Gasteiger partial charge in [0.15, 0.2) is 0 Å². The molecule has 0 radical (unpaired) electrons. The van der Waals surface area contributed by atoms with Crippen molar-refractivity contribution in [1.82, 2.24) is 0 Å². The highest BCUT2D eigenvalue weighted by Gasteiger charge is 2.19. The lowest BCUT2D eigenvalue weighted by molar-refractivity contribution is 0.482. The van der Waals surface area contributed by atoms with Gasteiger partial charge in [0.1, 0.15) is 4.90 Å². The molecule has 116 valence electrons. The minimum Gasteiger partial charge on any atom is -0.282 e. The Kier molecular flexibility index (Phi) is 5.95. The van der Waals surface area contributed by atoms with E-state index in [1.807, 2.05) is 6.07 Å². The zero-order valence-corrected chi connectivity index (χ0v) is 17.6. The summed E-state index contributed by atoms with van der Waals surface area (Å²) < 4.78 is 33.8. The average Bonchev–Trinajstić information content (AvgIpc) is 2.32. The fourth-order valence-electron chi connectivity index (χ4n) is 1.56. The summed E-state index contributed by atoms with van der Waals surface area (Å²) in [4.78, 5) is -0.253. The number of nitrogens with zero attached hydrogens (tertiary/aromatic N) is 2. The zero-order valence-electron chi connectivity index (χ0n) is 10.5. The third kappa shape index (κ3) is 4.68. The van der Waals surface area contributed by atoms with Gasteiger partial charge in [-0.05, 0) is 62.2 Å². The van der Waals surface area contributed by atoms with Gasteiger partial charge >= 0.3 is 0 Å². The molecular formula is C12H6Br4N2O3S. The molecule has 0 fully saturated rings. The van der Waals surface area contributed by atoms with Gasteiger partial charge in [0.05, 0.1) is 11.4 Å². The van der Waals surface area contributed by atoms with Crippen LogP contribution in [0.4, 0.5) is 11.4 Å². The number of rotatable bonds is 3. The minimum absolute atomic E-state index is 0.189. The maximum absolute atomic E-state index is 11.3. The Balaban J connectivity index is 2.41. The van der Waals surface area contributed by atoms with Crippen molar-refractivity contribution >= 4 is 85.2 Å². The number of hydrogen-bond donors (Lipinski definition) is 1. The topological polar surface area (TPSA) is 79.1 Å². The van der Waals surface area contributed by atoms with E-state index in [1.54, 1.807) is 12.1 Å². The molecule has 0 unspecified atom stereocenters. The predicted octanol–water partition coefficient (Wildman–Crippen LogP) is 6.40. The molecule has 0 spiro atoms. The van der Waals surface area contributed by atoms with Gasteiger partial charge in [-0.25, -0.2) is 0 Å². The van der Waals surface area contributed by atoms with Crippen molar-refractivity contribution in [3.05, 3.63) is 48.2 Å². The molecule has 0 amide bonds. The molecule has 2 aromatic rings. The number of benzene rings is 2. The van der Waals surface area contributed by atoms with Crippen LogP contribution in [0.5, 0.6) is 0 Å². The van der Waals surface area contributed by atoms with Crippen molar-refractivity contribution < 1.29 is 13.0 Å². The van der Waals surface area contributed by atoms with Crippen LogP contribution in [0, 0.1) is 0 Å². The smallest absolute Gasteiger partial charge is 0.282 e. The molecule has 0 aliphatic rings. The predicted molar refractivity (Wildman–Crippen MR) is 97.7 cm³/mol. The zero-order chi connectivity index (χ0) is 16.5. The Morgan fingerprint density at radius 2 is 1.18 bits per heavy atom. The van der Waals surface area contributed by atoms with E-state index in [0.29, 0.717) is 11.4 Å². The molecule has 0 heterocycles. The molecular weight excluding hydrogens is 572 g/mol. The fourth-order valence-corrected chi connectivity index (χ4v) is 5.83. The van der Waals surface area contributed by atoms with E-state index in [1.165, 1.54) is 12.1 Å². The first kappa shape index (κ1) is 18.2. The Morgan fingerprint density at radius 1 is 0.773 bits per heavy atom. The van der Waals surface area contributed by atoms with E-state index >= 15 is 0 Å². The second kappa shape index (κ2) is 7.18. The van der Waals surface area contributed by atoms with Gasteiger partial charge in [-0.2, -0.15) is 18.6 Å². The van der Waals surface area contributed by atoms with Crippen LogP contribution in [0.3, 0.4) is 0 Å². The van der Waals surface area contributed by atoms with E-state index < -0.39 is 10.1 Å². The molecule has 0 aliphatic heterocycles. The van der Waals surface area contributed by atoms with Gasteiger partial charge in [-0.1, -0.05) is 31.9 Å². The Morgan fingerprint density at radius 3 is 1.59 bits per heavy atom. The molecule has 2 aromatic carbocycles. The summed E-state index contributed by atoms with van der Waals surface area (Å²) >= 11 is 12.9. The lowest BCUT2D eigenvalue weighted by Crippen LogP contribution is -2.00. The van der Waals surface area contributed by atoms with E-state index in [2.05, 4.69) is 73.9 Å². The first-order valence-electron chi connectivity index (χ1n) is 5.51. The van der Waals surface area contributed by atoms with Gasteiger partial charge in [0, 0.05) is 17.9 Å². The highest BCUT2D eigenvalue weighted by Crippen LogP contribution is 2.35. The van der Waals surface area contributed by atoms with Crippen molar-refractivity contribution in [3.8, 4) is 0 Å². The first-order chi connectivity index (χ1) is 10.2. The van der Waals surface area contributed by atoms with Crippen LogP contribution >= 0.6 is 63.7 Å². The second-order valence-electron chi connectivity index (χ2n) is 4.04. The van der Waals surface area contributed by atoms with Crippen LogP contribution in [0.25, 0.3) is 0 Å². The van der Waals surface area contributed by atoms with Crippen molar-refractivity contribution in [2.75, 3.05) is 0 Å². The van der Waals surface area contributed by atoms with Crippen molar-refractivity contribution in [2.24, 2.45) is 10.2 Å². The van der Waals surface area contributed by atoms with Crippen molar-refractivity contribution in [1.29, 1.82) is 0 Å². The summed E-state index contributed by atoms with van der Waals surface area (Å²) in [6, 6.07) is 8.33. The lowest BCUT2D eigenvalue weighted by Gasteiger charge is -2.05. The summed E-state index contributed by atoms with van der Waals surface area (Å²) in [5.74, 6) is 0. The molecule has 22 heavy (non-hydrogen) atoms. The van der Waals surface area contributed by atoms with Crippen LogP contribution in [-0.2, 0) is 10.1 Å². The number of halogens is 4. The molecule has 0 atom stereocenters. The number of hydrogen-bond acceptors (Lipinski definition) is 4. The Bertz CT molecular complexity index is 825. The maximum atomic E-state index is 11.3. The van der Waals surface area contributed by atoms with Gasteiger partial charge in [-0.3, -0.25) is 4.55 Å².